The van der Waals surface area contributed by atoms with Crippen molar-refractivity contribution in [2.75, 3.05) is 5.73 Å². The molecule has 23 heavy (non-hydrogen) atoms. The number of aromatic nitrogens is 2. The monoisotopic (exact) mass is 311 g/mol. The summed E-state index contributed by atoms with van der Waals surface area (Å²) in [6.45, 7) is 7.13. The number of nitrogens with two attached hydrogens (primary N) is 1. The van der Waals surface area contributed by atoms with Gasteiger partial charge in [0.25, 0.3) is 0 Å². The van der Waals surface area contributed by atoms with E-state index in [1.165, 1.54) is 36.8 Å². The van der Waals surface area contributed by atoms with Crippen LogP contribution in [0.2, 0.25) is 0 Å². The van der Waals surface area contributed by atoms with Gasteiger partial charge < -0.3 is 5.73 Å². The molecule has 1 heterocycles. The Labute approximate surface area is 139 Å². The van der Waals surface area contributed by atoms with E-state index in [9.17, 15) is 0 Å². The molecule has 0 radical (unpaired) electrons. The lowest BCUT2D eigenvalue weighted by Crippen LogP contribution is -2.25. The Kier molecular flexibility index (Phi) is 4.22. The second kappa shape index (κ2) is 6.03. The summed E-state index contributed by atoms with van der Waals surface area (Å²) in [4.78, 5) is 0. The quantitative estimate of drug-likeness (QED) is 0.849. The molecule has 3 nitrogen and oxygen atoms in total. The maximum atomic E-state index is 5.97. The van der Waals surface area contributed by atoms with Gasteiger partial charge in [-0.1, -0.05) is 45.0 Å². The molecule has 0 amide bonds. The average molecular weight is 311 g/mol. The van der Waals surface area contributed by atoms with Crippen LogP contribution in [0.4, 0.5) is 5.82 Å². The normalized spacial score (nSPS) is 22.3. The topological polar surface area (TPSA) is 43.8 Å². The fourth-order valence-corrected chi connectivity index (χ4v) is 3.97. The van der Waals surface area contributed by atoms with E-state index in [2.05, 4.69) is 50.1 Å². The van der Waals surface area contributed by atoms with Gasteiger partial charge in [0.15, 0.2) is 0 Å². The van der Waals surface area contributed by atoms with Crippen LogP contribution in [0.5, 0.6) is 0 Å². The van der Waals surface area contributed by atoms with Gasteiger partial charge in [0.2, 0.25) is 0 Å². The van der Waals surface area contributed by atoms with Gasteiger partial charge in [-0.2, -0.15) is 5.10 Å². The Bertz CT molecular complexity index is 651. The molecule has 0 spiro atoms. The molecule has 1 saturated carbocycles. The molecular weight excluding hydrogens is 282 g/mol. The number of nitrogens with zero attached hydrogens (tertiary/aromatic N) is 2. The maximum Gasteiger partial charge on any atom is 0.121 e. The highest BCUT2D eigenvalue weighted by Gasteiger charge is 2.31. The molecule has 0 atom stereocenters. The zero-order valence-corrected chi connectivity index (χ0v) is 14.8. The SMILES string of the molecule is Cn1nc(-c2ccccc2C2CCC(C(C)(C)C)CC2)cc1N. The van der Waals surface area contributed by atoms with Crippen molar-refractivity contribution in [2.45, 2.75) is 52.4 Å². The molecule has 1 aliphatic carbocycles. The minimum Gasteiger partial charge on any atom is -0.384 e. The molecule has 3 heteroatoms. The Hall–Kier alpha value is -1.77. The Morgan fingerprint density at radius 1 is 1.09 bits per heavy atom. The molecule has 0 unspecified atom stereocenters. The number of anilines is 1. The molecule has 3 rings (SSSR count). The number of aryl methyl sites for hydroxylation is 1. The van der Waals surface area contributed by atoms with Crippen molar-refractivity contribution in [3.05, 3.63) is 35.9 Å². The summed E-state index contributed by atoms with van der Waals surface area (Å²) in [5.41, 5.74) is 10.1. The van der Waals surface area contributed by atoms with Crippen LogP contribution in [0.3, 0.4) is 0 Å². The number of benzene rings is 1. The van der Waals surface area contributed by atoms with Crippen molar-refractivity contribution in [1.82, 2.24) is 9.78 Å². The summed E-state index contributed by atoms with van der Waals surface area (Å²) in [6.07, 6.45) is 5.21. The van der Waals surface area contributed by atoms with Crippen LogP contribution in [-0.2, 0) is 7.05 Å². The summed E-state index contributed by atoms with van der Waals surface area (Å²) in [7, 11) is 1.90. The smallest absolute Gasteiger partial charge is 0.121 e. The molecule has 1 fully saturated rings. The predicted octanol–water partition coefficient (Wildman–Crippen LogP) is 4.99. The van der Waals surface area contributed by atoms with Crippen LogP contribution in [0.15, 0.2) is 30.3 Å². The molecule has 2 N–H and O–H groups in total. The number of rotatable bonds is 2. The standard InChI is InChI=1S/C20H29N3/c1-20(2,3)15-11-9-14(10-12-15)16-7-5-6-8-17(16)18-13-19(21)23(4)22-18/h5-8,13-15H,9-12,21H2,1-4H3. The van der Waals surface area contributed by atoms with Gasteiger partial charge in [-0.3, -0.25) is 4.68 Å². The molecule has 1 aromatic heterocycles. The van der Waals surface area contributed by atoms with E-state index in [0.717, 1.165) is 11.6 Å². The molecule has 1 aliphatic rings. The minimum atomic E-state index is 0.430. The van der Waals surface area contributed by atoms with E-state index in [0.29, 0.717) is 17.2 Å². The maximum absolute atomic E-state index is 5.97. The van der Waals surface area contributed by atoms with E-state index < -0.39 is 0 Å². The van der Waals surface area contributed by atoms with Crippen LogP contribution in [0.25, 0.3) is 11.3 Å². The third kappa shape index (κ3) is 3.29. The average Bonchev–Trinajstić information content (AvgIpc) is 2.86. The first-order valence-corrected chi connectivity index (χ1v) is 8.75. The van der Waals surface area contributed by atoms with Crippen LogP contribution < -0.4 is 5.73 Å². The lowest BCUT2D eigenvalue weighted by atomic mass is 9.68. The second-order valence-corrected chi connectivity index (χ2v) is 8.08. The number of hydrogen-bond acceptors (Lipinski definition) is 2. The van der Waals surface area contributed by atoms with Gasteiger partial charge in [0.05, 0.1) is 5.69 Å². The highest BCUT2D eigenvalue weighted by atomic mass is 15.3. The Morgan fingerprint density at radius 3 is 2.30 bits per heavy atom. The summed E-state index contributed by atoms with van der Waals surface area (Å²) < 4.78 is 1.75. The molecule has 0 aliphatic heterocycles. The Balaban J connectivity index is 1.85. The molecule has 124 valence electrons. The zero-order valence-electron chi connectivity index (χ0n) is 14.8. The van der Waals surface area contributed by atoms with Crippen LogP contribution in [0, 0.1) is 11.3 Å². The zero-order chi connectivity index (χ0) is 16.6. The van der Waals surface area contributed by atoms with E-state index in [1.54, 1.807) is 4.68 Å². The summed E-state index contributed by atoms with van der Waals surface area (Å²) in [5, 5.41) is 4.58. The van der Waals surface area contributed by atoms with Crippen molar-refractivity contribution in [3.63, 3.8) is 0 Å². The first kappa shape index (κ1) is 16.1. The van der Waals surface area contributed by atoms with E-state index in [-0.39, 0.29) is 0 Å². The van der Waals surface area contributed by atoms with Gasteiger partial charge in [-0.15, -0.1) is 0 Å². The number of nitrogen functional groups attached to an aromatic ring is 1. The van der Waals surface area contributed by atoms with Gasteiger partial charge in [-0.25, -0.2) is 0 Å². The van der Waals surface area contributed by atoms with Gasteiger partial charge in [0, 0.05) is 18.7 Å². The van der Waals surface area contributed by atoms with Crippen molar-refractivity contribution >= 4 is 5.82 Å². The van der Waals surface area contributed by atoms with Gasteiger partial charge >= 0.3 is 0 Å². The first-order valence-electron chi connectivity index (χ1n) is 8.75. The molecule has 2 aromatic rings. The largest absolute Gasteiger partial charge is 0.384 e. The van der Waals surface area contributed by atoms with Crippen molar-refractivity contribution < 1.29 is 0 Å². The third-order valence-corrected chi connectivity index (χ3v) is 5.54. The fourth-order valence-electron chi connectivity index (χ4n) is 3.97. The van der Waals surface area contributed by atoms with Crippen molar-refractivity contribution in [2.24, 2.45) is 18.4 Å². The highest BCUT2D eigenvalue weighted by molar-refractivity contribution is 5.67. The molecule has 0 saturated heterocycles. The van der Waals surface area contributed by atoms with E-state index in [4.69, 9.17) is 5.73 Å². The molecule has 1 aromatic carbocycles. The second-order valence-electron chi connectivity index (χ2n) is 8.08. The van der Waals surface area contributed by atoms with Crippen molar-refractivity contribution in [3.8, 4) is 11.3 Å². The highest BCUT2D eigenvalue weighted by Crippen LogP contribution is 2.45. The van der Waals surface area contributed by atoms with Crippen LogP contribution in [-0.4, -0.2) is 9.78 Å². The van der Waals surface area contributed by atoms with Crippen LogP contribution in [0.1, 0.15) is 57.9 Å². The minimum absolute atomic E-state index is 0.430. The number of hydrogen-bond donors (Lipinski definition) is 1. The third-order valence-electron chi connectivity index (χ3n) is 5.54. The molecule has 0 bridgehead atoms. The summed E-state index contributed by atoms with van der Waals surface area (Å²) >= 11 is 0. The first-order chi connectivity index (χ1) is 10.9. The summed E-state index contributed by atoms with van der Waals surface area (Å²) in [5.74, 6) is 2.20. The lowest BCUT2D eigenvalue weighted by Gasteiger charge is -2.37. The van der Waals surface area contributed by atoms with E-state index >= 15 is 0 Å². The predicted molar refractivity (Wildman–Crippen MR) is 97.2 cm³/mol. The lowest BCUT2D eigenvalue weighted by molar-refractivity contribution is 0.169. The van der Waals surface area contributed by atoms with Gasteiger partial charge in [0.1, 0.15) is 5.82 Å². The van der Waals surface area contributed by atoms with Crippen LogP contribution >= 0.6 is 0 Å². The van der Waals surface area contributed by atoms with Gasteiger partial charge in [-0.05, 0) is 48.5 Å². The van der Waals surface area contributed by atoms with Crippen molar-refractivity contribution in [1.29, 1.82) is 0 Å². The Morgan fingerprint density at radius 2 is 1.74 bits per heavy atom. The summed E-state index contributed by atoms with van der Waals surface area (Å²) in [6, 6.07) is 10.7. The fraction of sp³-hybridized carbons (Fsp3) is 0.550. The molecular formula is C20H29N3. The van der Waals surface area contributed by atoms with E-state index in [1.807, 2.05) is 13.1 Å².